The van der Waals surface area contributed by atoms with E-state index in [1.807, 2.05) is 111 Å². The van der Waals surface area contributed by atoms with E-state index in [2.05, 4.69) is 13.8 Å². The van der Waals surface area contributed by atoms with Gasteiger partial charge in [-0.1, -0.05) is 130 Å². The SMILES string of the molecule is CC(C)C1=CC(C(=O)Cc2ccccc2)=C(C(=O)Cc2ccccc2)C(C(=O)Cc2ccccc2)(C(C)C)C1. The summed E-state index contributed by atoms with van der Waals surface area (Å²) in [7, 11) is 0. The summed E-state index contributed by atoms with van der Waals surface area (Å²) in [5.41, 5.74) is 3.43. The second kappa shape index (κ2) is 12.3. The fraction of sp³-hybridized carbons (Fsp3) is 0.306. The molecule has 3 aromatic rings. The standard InChI is InChI=1S/C36H38O3/c1-25(2)30-23-31(32(37)20-27-14-8-5-9-15-27)35(33(38)21-28-16-10-6-11-17-28)36(24-30,26(3)4)34(39)22-29-18-12-7-13-19-29/h5-19,23,25-26H,20-22,24H2,1-4H3. The second-order valence-electron chi connectivity index (χ2n) is 11.2. The Kier molecular flexibility index (Phi) is 8.91. The number of rotatable bonds is 11. The van der Waals surface area contributed by atoms with Crippen LogP contribution in [0.5, 0.6) is 0 Å². The number of benzene rings is 3. The highest BCUT2D eigenvalue weighted by Crippen LogP contribution is 2.50. The van der Waals surface area contributed by atoms with Gasteiger partial charge in [0, 0.05) is 30.4 Å². The molecule has 0 spiro atoms. The number of carbonyl (C=O) groups is 3. The van der Waals surface area contributed by atoms with Crippen molar-refractivity contribution in [3.05, 3.63) is 130 Å². The number of Topliss-reactive ketones (excluding diaryl/α,β-unsaturated/α-hetero) is 3. The summed E-state index contributed by atoms with van der Waals surface area (Å²) in [4.78, 5) is 42.8. The minimum absolute atomic E-state index is 0.00336. The van der Waals surface area contributed by atoms with Gasteiger partial charge in [-0.15, -0.1) is 0 Å². The molecule has 0 radical (unpaired) electrons. The Morgan fingerprint density at radius 3 is 1.51 bits per heavy atom. The van der Waals surface area contributed by atoms with E-state index in [9.17, 15) is 14.4 Å². The lowest BCUT2D eigenvalue weighted by molar-refractivity contribution is -0.131. The van der Waals surface area contributed by atoms with Crippen molar-refractivity contribution in [3.8, 4) is 0 Å². The van der Waals surface area contributed by atoms with Gasteiger partial charge in [0.2, 0.25) is 0 Å². The number of hydrogen-bond acceptors (Lipinski definition) is 3. The van der Waals surface area contributed by atoms with Crippen molar-refractivity contribution in [2.24, 2.45) is 17.3 Å². The molecule has 1 aliphatic carbocycles. The predicted octanol–water partition coefficient (Wildman–Crippen LogP) is 7.35. The van der Waals surface area contributed by atoms with Gasteiger partial charge < -0.3 is 0 Å². The van der Waals surface area contributed by atoms with E-state index < -0.39 is 5.41 Å². The zero-order chi connectivity index (χ0) is 28.0. The molecule has 0 aliphatic heterocycles. The zero-order valence-electron chi connectivity index (χ0n) is 23.4. The smallest absolute Gasteiger partial charge is 0.167 e. The Morgan fingerprint density at radius 1 is 0.641 bits per heavy atom. The van der Waals surface area contributed by atoms with Crippen molar-refractivity contribution in [3.63, 3.8) is 0 Å². The fourth-order valence-corrected chi connectivity index (χ4v) is 5.69. The summed E-state index contributed by atoms with van der Waals surface area (Å²) < 4.78 is 0. The maximum atomic E-state index is 14.5. The second-order valence-corrected chi connectivity index (χ2v) is 11.2. The number of ketones is 3. The molecule has 0 bridgehead atoms. The first-order valence-electron chi connectivity index (χ1n) is 13.9. The third-order valence-corrected chi connectivity index (χ3v) is 7.95. The van der Waals surface area contributed by atoms with Crippen LogP contribution in [0.1, 0.15) is 50.8 Å². The molecule has 1 unspecified atom stereocenters. The number of allylic oxidation sites excluding steroid dienone is 4. The highest BCUT2D eigenvalue weighted by atomic mass is 16.1. The lowest BCUT2D eigenvalue weighted by Gasteiger charge is -2.43. The third kappa shape index (κ3) is 6.25. The number of carbonyl (C=O) groups excluding carboxylic acids is 3. The van der Waals surface area contributed by atoms with Crippen molar-refractivity contribution in [2.75, 3.05) is 0 Å². The summed E-state index contributed by atoms with van der Waals surface area (Å²) in [5.74, 6) is -0.306. The van der Waals surface area contributed by atoms with Crippen molar-refractivity contribution in [2.45, 2.75) is 53.4 Å². The molecule has 0 fully saturated rings. The van der Waals surface area contributed by atoms with Crippen LogP contribution in [0, 0.1) is 17.3 Å². The Hall–Kier alpha value is -3.85. The average Bonchev–Trinajstić information content (AvgIpc) is 2.93. The van der Waals surface area contributed by atoms with Crippen molar-refractivity contribution in [1.82, 2.24) is 0 Å². The molecular weight excluding hydrogens is 480 g/mol. The van der Waals surface area contributed by atoms with Gasteiger partial charge in [0.15, 0.2) is 11.6 Å². The van der Waals surface area contributed by atoms with Gasteiger partial charge in [-0.3, -0.25) is 14.4 Å². The van der Waals surface area contributed by atoms with Gasteiger partial charge in [-0.25, -0.2) is 0 Å². The Balaban J connectivity index is 1.91. The summed E-state index contributed by atoms with van der Waals surface area (Å²) >= 11 is 0. The molecule has 0 saturated heterocycles. The highest BCUT2D eigenvalue weighted by molar-refractivity contribution is 6.14. The van der Waals surface area contributed by atoms with E-state index in [1.54, 1.807) is 0 Å². The lowest BCUT2D eigenvalue weighted by atomic mass is 9.57. The van der Waals surface area contributed by atoms with Crippen LogP contribution in [-0.4, -0.2) is 17.3 Å². The van der Waals surface area contributed by atoms with Crippen molar-refractivity contribution in [1.29, 1.82) is 0 Å². The van der Waals surface area contributed by atoms with E-state index in [-0.39, 0.29) is 48.4 Å². The minimum Gasteiger partial charge on any atom is -0.298 e. The zero-order valence-corrected chi connectivity index (χ0v) is 23.4. The minimum atomic E-state index is -1.09. The van der Waals surface area contributed by atoms with Gasteiger partial charge in [-0.2, -0.15) is 0 Å². The van der Waals surface area contributed by atoms with E-state index in [0.29, 0.717) is 17.6 Å². The summed E-state index contributed by atoms with van der Waals surface area (Å²) in [6, 6.07) is 28.9. The van der Waals surface area contributed by atoms with Crippen LogP contribution >= 0.6 is 0 Å². The first-order valence-corrected chi connectivity index (χ1v) is 13.9. The molecule has 39 heavy (non-hydrogen) atoms. The molecule has 3 aromatic carbocycles. The predicted molar refractivity (Wildman–Crippen MR) is 157 cm³/mol. The molecular formula is C36H38O3. The molecule has 200 valence electrons. The van der Waals surface area contributed by atoms with Crippen LogP contribution in [0.4, 0.5) is 0 Å². The summed E-state index contributed by atoms with van der Waals surface area (Å²) in [6.07, 6.45) is 2.92. The molecule has 4 rings (SSSR count). The highest BCUT2D eigenvalue weighted by Gasteiger charge is 2.50. The molecule has 0 aromatic heterocycles. The third-order valence-electron chi connectivity index (χ3n) is 7.95. The van der Waals surface area contributed by atoms with Gasteiger partial charge in [0.25, 0.3) is 0 Å². The molecule has 3 heteroatoms. The van der Waals surface area contributed by atoms with Crippen LogP contribution < -0.4 is 0 Å². The normalized spacial score (nSPS) is 17.3. The van der Waals surface area contributed by atoms with Gasteiger partial charge in [-0.05, 0) is 34.9 Å². The molecule has 3 nitrogen and oxygen atoms in total. The van der Waals surface area contributed by atoms with Crippen LogP contribution in [0.2, 0.25) is 0 Å². The fourth-order valence-electron chi connectivity index (χ4n) is 5.69. The molecule has 1 aliphatic rings. The van der Waals surface area contributed by atoms with E-state index in [0.717, 1.165) is 22.3 Å². The summed E-state index contributed by atoms with van der Waals surface area (Å²) in [6.45, 7) is 8.21. The van der Waals surface area contributed by atoms with E-state index >= 15 is 0 Å². The monoisotopic (exact) mass is 518 g/mol. The van der Waals surface area contributed by atoms with Crippen molar-refractivity contribution < 1.29 is 14.4 Å². The molecule has 0 saturated carbocycles. The Labute approximate surface area is 232 Å². The summed E-state index contributed by atoms with van der Waals surface area (Å²) in [5, 5.41) is 0. The van der Waals surface area contributed by atoms with Gasteiger partial charge in [0.1, 0.15) is 5.78 Å². The first-order chi connectivity index (χ1) is 18.7. The largest absolute Gasteiger partial charge is 0.298 e. The number of hydrogen-bond donors (Lipinski definition) is 0. The van der Waals surface area contributed by atoms with Crippen LogP contribution in [-0.2, 0) is 33.6 Å². The Bertz CT molecular complexity index is 1380. The topological polar surface area (TPSA) is 51.2 Å². The van der Waals surface area contributed by atoms with E-state index in [4.69, 9.17) is 0 Å². The molecule has 1 atom stereocenters. The first kappa shape index (κ1) is 28.2. The molecule has 0 amide bonds. The quantitative estimate of drug-likeness (QED) is 0.267. The van der Waals surface area contributed by atoms with E-state index in [1.165, 1.54) is 0 Å². The van der Waals surface area contributed by atoms with Crippen LogP contribution in [0.3, 0.4) is 0 Å². The lowest BCUT2D eigenvalue weighted by Crippen LogP contribution is -2.46. The maximum absolute atomic E-state index is 14.5. The maximum Gasteiger partial charge on any atom is 0.167 e. The van der Waals surface area contributed by atoms with Crippen molar-refractivity contribution >= 4 is 17.3 Å². The van der Waals surface area contributed by atoms with Gasteiger partial charge in [0.05, 0.1) is 5.41 Å². The van der Waals surface area contributed by atoms with Gasteiger partial charge >= 0.3 is 0 Å². The molecule has 0 N–H and O–H groups in total. The average molecular weight is 519 g/mol. The van der Waals surface area contributed by atoms with Crippen LogP contribution in [0.25, 0.3) is 0 Å². The Morgan fingerprint density at radius 2 is 1.08 bits per heavy atom. The molecule has 0 heterocycles. The van der Waals surface area contributed by atoms with Crippen LogP contribution in [0.15, 0.2) is 114 Å².